The normalized spacial score (nSPS) is 26.6. The molecule has 0 bridgehead atoms. The van der Waals surface area contributed by atoms with E-state index < -0.39 is 59.3 Å². The second-order valence-electron chi connectivity index (χ2n) is 7.59. The Balaban J connectivity index is 0.000000229. The number of rotatable bonds is 1. The van der Waals surface area contributed by atoms with Crippen LogP contribution in [-0.4, -0.2) is 92.8 Å². The van der Waals surface area contributed by atoms with Crippen molar-refractivity contribution in [2.45, 2.75) is 36.6 Å². The van der Waals surface area contributed by atoms with E-state index in [9.17, 15) is 30.3 Å². The van der Waals surface area contributed by atoms with Crippen molar-refractivity contribution in [1.82, 2.24) is 0 Å². The Morgan fingerprint density at radius 3 is 1.56 bits per heavy atom. The highest BCUT2D eigenvalue weighted by molar-refractivity contribution is 5.88. The van der Waals surface area contributed by atoms with E-state index in [0.717, 1.165) is 18.2 Å². The molecule has 0 saturated heterocycles. The van der Waals surface area contributed by atoms with Gasteiger partial charge in [-0.25, -0.2) is 0 Å². The van der Waals surface area contributed by atoms with E-state index in [4.69, 9.17) is 35.1 Å². The zero-order chi connectivity index (χ0) is 25.5. The summed E-state index contributed by atoms with van der Waals surface area (Å²) in [4.78, 5) is 12.2. The highest BCUT2D eigenvalue weighted by Crippen LogP contribution is 2.39. The third-order valence-electron chi connectivity index (χ3n) is 5.26. The van der Waals surface area contributed by atoms with Gasteiger partial charge in [0.1, 0.15) is 70.6 Å². The Hall–Kier alpha value is -3.59. The molecule has 0 aliphatic heterocycles. The molecule has 3 aromatic rings. The van der Waals surface area contributed by atoms with Gasteiger partial charge in [-0.1, -0.05) is 0 Å². The number of phenolic OH excluding ortho intramolecular Hbond substituents is 4. The van der Waals surface area contributed by atoms with E-state index >= 15 is 0 Å². The zero-order valence-electron chi connectivity index (χ0n) is 17.1. The predicted molar refractivity (Wildman–Crippen MR) is 112 cm³/mol. The van der Waals surface area contributed by atoms with Gasteiger partial charge in [-0.05, 0) is 12.1 Å². The van der Waals surface area contributed by atoms with Crippen LogP contribution >= 0.6 is 0 Å². The van der Waals surface area contributed by atoms with Crippen molar-refractivity contribution < 1.29 is 60.6 Å². The van der Waals surface area contributed by atoms with Gasteiger partial charge in [0, 0.05) is 18.2 Å². The molecule has 11 N–H and O–H groups in total. The average molecular weight is 482 g/mol. The summed E-state index contributed by atoms with van der Waals surface area (Å²) in [7, 11) is 0. The van der Waals surface area contributed by atoms with Gasteiger partial charge >= 0.3 is 0 Å². The highest BCUT2D eigenvalue weighted by Gasteiger charge is 2.47. The Morgan fingerprint density at radius 2 is 1.09 bits per heavy atom. The summed E-state index contributed by atoms with van der Waals surface area (Å²) in [5.74, 6) is -2.66. The SMILES string of the molecule is O=c1c(O)c(-c2ccc(O)cc2O)oc2cc(O)cc(O)c12.OC1C(O)C(O)C(O)C(O)C1O. The molecule has 4 rings (SSSR count). The molecule has 184 valence electrons. The Bertz CT molecular complexity index is 1200. The van der Waals surface area contributed by atoms with Crippen LogP contribution in [0.4, 0.5) is 0 Å². The molecule has 0 atom stereocenters. The van der Waals surface area contributed by atoms with Crippen LogP contribution in [0, 0.1) is 0 Å². The maximum absolute atomic E-state index is 12.2. The first-order valence-electron chi connectivity index (χ1n) is 9.67. The van der Waals surface area contributed by atoms with E-state index in [0.29, 0.717) is 0 Å². The summed E-state index contributed by atoms with van der Waals surface area (Å²) in [6, 6.07) is 5.53. The summed E-state index contributed by atoms with van der Waals surface area (Å²) in [5, 5.41) is 102. The predicted octanol–water partition coefficient (Wildman–Crippen LogP) is -1.85. The topological polar surface area (TPSA) is 253 Å². The lowest BCUT2D eigenvalue weighted by molar-refractivity contribution is -0.223. The van der Waals surface area contributed by atoms with E-state index in [1.54, 1.807) is 0 Å². The van der Waals surface area contributed by atoms with Gasteiger partial charge in [-0.3, -0.25) is 4.79 Å². The Morgan fingerprint density at radius 1 is 0.618 bits per heavy atom. The van der Waals surface area contributed by atoms with E-state index in [2.05, 4.69) is 0 Å². The molecule has 1 fully saturated rings. The fourth-order valence-electron chi connectivity index (χ4n) is 3.38. The lowest BCUT2D eigenvalue weighted by Gasteiger charge is -2.39. The maximum Gasteiger partial charge on any atom is 0.238 e. The summed E-state index contributed by atoms with van der Waals surface area (Å²) in [6.07, 6.45) is -9.84. The third kappa shape index (κ3) is 4.43. The fraction of sp³-hybridized carbons (Fsp3) is 0.286. The molecule has 13 nitrogen and oxygen atoms in total. The van der Waals surface area contributed by atoms with Crippen LogP contribution in [0.25, 0.3) is 22.3 Å². The summed E-state index contributed by atoms with van der Waals surface area (Å²) >= 11 is 0. The third-order valence-corrected chi connectivity index (χ3v) is 5.26. The largest absolute Gasteiger partial charge is 0.508 e. The molecular formula is C21H22O13. The van der Waals surface area contributed by atoms with Crippen LogP contribution in [0.5, 0.6) is 28.7 Å². The van der Waals surface area contributed by atoms with Gasteiger partial charge in [-0.15, -0.1) is 0 Å². The van der Waals surface area contributed by atoms with Crippen LogP contribution in [0.1, 0.15) is 0 Å². The number of hydrogen-bond acceptors (Lipinski definition) is 13. The molecule has 34 heavy (non-hydrogen) atoms. The van der Waals surface area contributed by atoms with Gasteiger partial charge < -0.3 is 60.6 Å². The number of benzene rings is 2. The highest BCUT2D eigenvalue weighted by atomic mass is 16.4. The summed E-state index contributed by atoms with van der Waals surface area (Å²) < 4.78 is 5.33. The molecule has 1 heterocycles. The van der Waals surface area contributed by atoms with Crippen LogP contribution < -0.4 is 5.43 Å². The van der Waals surface area contributed by atoms with Gasteiger partial charge in [0.05, 0.1) is 5.56 Å². The number of aliphatic hydroxyl groups excluding tert-OH is 6. The number of aromatic hydroxyl groups is 5. The molecule has 0 amide bonds. The average Bonchev–Trinajstić information content (AvgIpc) is 2.77. The van der Waals surface area contributed by atoms with Crippen molar-refractivity contribution in [3.63, 3.8) is 0 Å². The van der Waals surface area contributed by atoms with Crippen molar-refractivity contribution in [3.8, 4) is 40.1 Å². The molecule has 13 heteroatoms. The van der Waals surface area contributed by atoms with Crippen LogP contribution in [-0.2, 0) is 0 Å². The molecule has 1 aliphatic rings. The number of phenols is 4. The standard InChI is InChI=1S/C15H10O7.C6H12O6/c16-6-1-2-8(9(18)3-6)15-14(21)13(20)12-10(19)4-7(17)5-11(12)22-15;7-1-2(8)4(10)6(12)5(11)3(1)9/h1-5,16-19,21H;1-12H. The summed E-state index contributed by atoms with van der Waals surface area (Å²) in [5.41, 5.74) is -1.11. The van der Waals surface area contributed by atoms with Crippen molar-refractivity contribution in [2.24, 2.45) is 0 Å². The fourth-order valence-corrected chi connectivity index (χ4v) is 3.38. The maximum atomic E-state index is 12.2. The minimum absolute atomic E-state index is 0.0304. The minimum atomic E-state index is -1.64. The minimum Gasteiger partial charge on any atom is -0.508 e. The molecule has 1 aromatic heterocycles. The molecule has 1 aliphatic carbocycles. The van der Waals surface area contributed by atoms with E-state index in [1.165, 1.54) is 12.1 Å². The van der Waals surface area contributed by atoms with Crippen LogP contribution in [0.2, 0.25) is 0 Å². The molecule has 1 saturated carbocycles. The number of hydrogen-bond donors (Lipinski definition) is 11. The van der Waals surface area contributed by atoms with Gasteiger partial charge in [0.2, 0.25) is 11.2 Å². The van der Waals surface area contributed by atoms with E-state index in [-0.39, 0.29) is 33.8 Å². The molecular weight excluding hydrogens is 460 g/mol. The Labute approximate surface area is 189 Å². The van der Waals surface area contributed by atoms with Crippen LogP contribution in [0.15, 0.2) is 39.5 Å². The molecule has 0 spiro atoms. The zero-order valence-corrected chi connectivity index (χ0v) is 17.1. The van der Waals surface area contributed by atoms with E-state index in [1.807, 2.05) is 0 Å². The van der Waals surface area contributed by atoms with Gasteiger partial charge in [0.15, 0.2) is 5.76 Å². The quantitative estimate of drug-likeness (QED) is 0.182. The lowest BCUT2D eigenvalue weighted by atomic mass is 9.85. The first-order chi connectivity index (χ1) is 15.8. The smallest absolute Gasteiger partial charge is 0.238 e. The number of fused-ring (bicyclic) bond motifs is 1. The second kappa shape index (κ2) is 9.34. The van der Waals surface area contributed by atoms with Crippen molar-refractivity contribution in [1.29, 1.82) is 0 Å². The lowest BCUT2D eigenvalue weighted by Crippen LogP contribution is -2.63. The molecule has 2 aromatic carbocycles. The van der Waals surface area contributed by atoms with Gasteiger partial charge in [-0.2, -0.15) is 0 Å². The van der Waals surface area contributed by atoms with Crippen molar-refractivity contribution in [2.75, 3.05) is 0 Å². The van der Waals surface area contributed by atoms with Crippen molar-refractivity contribution in [3.05, 3.63) is 40.6 Å². The van der Waals surface area contributed by atoms with Crippen molar-refractivity contribution >= 4 is 11.0 Å². The number of aliphatic hydroxyl groups is 6. The van der Waals surface area contributed by atoms with Gasteiger partial charge in [0.25, 0.3) is 0 Å². The van der Waals surface area contributed by atoms with Crippen LogP contribution in [0.3, 0.4) is 0 Å². The first-order valence-corrected chi connectivity index (χ1v) is 9.67. The summed E-state index contributed by atoms with van der Waals surface area (Å²) in [6.45, 7) is 0. The Kier molecular flexibility index (Phi) is 6.88. The monoisotopic (exact) mass is 482 g/mol. The second-order valence-corrected chi connectivity index (χ2v) is 7.59. The molecule has 0 radical (unpaired) electrons. The molecule has 0 unspecified atom stereocenters. The first kappa shape index (κ1) is 25.0.